The van der Waals surface area contributed by atoms with Crippen molar-refractivity contribution in [2.45, 2.75) is 45.4 Å². The Labute approximate surface area is 110 Å². The van der Waals surface area contributed by atoms with Crippen molar-refractivity contribution in [3.8, 4) is 0 Å². The molecule has 0 atom stereocenters. The van der Waals surface area contributed by atoms with E-state index in [-0.39, 0.29) is 0 Å². The van der Waals surface area contributed by atoms with Crippen LogP contribution in [0.3, 0.4) is 0 Å². The summed E-state index contributed by atoms with van der Waals surface area (Å²) in [5, 5.41) is 6.75. The van der Waals surface area contributed by atoms with Crippen LogP contribution in [0.4, 0.5) is 11.4 Å². The summed E-state index contributed by atoms with van der Waals surface area (Å²) in [7, 11) is 0. The Morgan fingerprint density at radius 1 is 1.17 bits per heavy atom. The van der Waals surface area contributed by atoms with E-state index >= 15 is 0 Å². The molecule has 2 N–H and O–H groups in total. The van der Waals surface area contributed by atoms with E-state index in [1.165, 1.54) is 38.5 Å². The van der Waals surface area contributed by atoms with E-state index in [9.17, 15) is 0 Å². The van der Waals surface area contributed by atoms with Gasteiger partial charge in [-0.1, -0.05) is 25.7 Å². The summed E-state index contributed by atoms with van der Waals surface area (Å²) in [6, 6.07) is 2.13. The quantitative estimate of drug-likeness (QED) is 0.718. The van der Waals surface area contributed by atoms with Crippen LogP contribution in [-0.2, 0) is 0 Å². The Kier molecular flexibility index (Phi) is 5.31. The van der Waals surface area contributed by atoms with Crippen molar-refractivity contribution in [3.63, 3.8) is 0 Å². The van der Waals surface area contributed by atoms with E-state index in [0.29, 0.717) is 0 Å². The van der Waals surface area contributed by atoms with Gasteiger partial charge in [-0.25, -0.2) is 0 Å². The lowest BCUT2D eigenvalue weighted by molar-refractivity contribution is 0.491. The molecular formula is C15H25N3. The number of pyridine rings is 1. The second kappa shape index (κ2) is 7.24. The molecule has 0 radical (unpaired) electrons. The number of rotatable bonds is 7. The normalized spacial score (nSPS) is 15.8. The summed E-state index contributed by atoms with van der Waals surface area (Å²) in [5.41, 5.74) is 2.22. The molecule has 0 amide bonds. The second-order valence-corrected chi connectivity index (χ2v) is 5.21. The van der Waals surface area contributed by atoms with Crippen LogP contribution >= 0.6 is 0 Å². The van der Waals surface area contributed by atoms with Gasteiger partial charge in [0.2, 0.25) is 0 Å². The average Bonchev–Trinajstić information content (AvgIpc) is 2.89. The number of anilines is 2. The highest BCUT2D eigenvalue weighted by molar-refractivity contribution is 5.53. The second-order valence-electron chi connectivity index (χ2n) is 5.21. The van der Waals surface area contributed by atoms with Crippen molar-refractivity contribution in [1.29, 1.82) is 0 Å². The van der Waals surface area contributed by atoms with Gasteiger partial charge in [0, 0.05) is 13.1 Å². The summed E-state index contributed by atoms with van der Waals surface area (Å²) in [6.45, 7) is 4.10. The summed E-state index contributed by atoms with van der Waals surface area (Å²) in [6.07, 6.45) is 12.2. The molecule has 2 rings (SSSR count). The molecule has 1 aromatic heterocycles. The van der Waals surface area contributed by atoms with Crippen molar-refractivity contribution in [3.05, 3.63) is 18.5 Å². The predicted octanol–water partition coefficient (Wildman–Crippen LogP) is 3.90. The van der Waals surface area contributed by atoms with Crippen LogP contribution in [0.1, 0.15) is 45.4 Å². The standard InChI is InChI=1S/C15H25N3/c1-2-17-14-10-15(12-16-11-14)18-9-5-8-13-6-3-4-7-13/h10-13,17-18H,2-9H2,1H3. The smallest absolute Gasteiger partial charge is 0.0547 e. The first kappa shape index (κ1) is 13.2. The Bertz CT molecular complexity index is 345. The monoisotopic (exact) mass is 247 g/mol. The first-order valence-corrected chi connectivity index (χ1v) is 7.31. The lowest BCUT2D eigenvalue weighted by atomic mass is 10.0. The third-order valence-corrected chi connectivity index (χ3v) is 3.71. The Morgan fingerprint density at radius 2 is 1.89 bits per heavy atom. The molecular weight excluding hydrogens is 222 g/mol. The van der Waals surface area contributed by atoms with Gasteiger partial charge in [0.15, 0.2) is 0 Å². The molecule has 1 heterocycles. The number of aromatic nitrogens is 1. The third-order valence-electron chi connectivity index (χ3n) is 3.71. The van der Waals surface area contributed by atoms with Crippen molar-refractivity contribution in [1.82, 2.24) is 4.98 Å². The molecule has 1 aromatic rings. The molecule has 0 saturated heterocycles. The average molecular weight is 247 g/mol. The van der Waals surface area contributed by atoms with Gasteiger partial charge in [-0.05, 0) is 31.7 Å². The van der Waals surface area contributed by atoms with Gasteiger partial charge < -0.3 is 10.6 Å². The van der Waals surface area contributed by atoms with Gasteiger partial charge in [-0.2, -0.15) is 0 Å². The highest BCUT2D eigenvalue weighted by Crippen LogP contribution is 2.28. The molecule has 1 fully saturated rings. The van der Waals surface area contributed by atoms with E-state index in [0.717, 1.165) is 30.4 Å². The molecule has 0 bridgehead atoms. The fraction of sp³-hybridized carbons (Fsp3) is 0.667. The molecule has 0 unspecified atom stereocenters. The zero-order valence-electron chi connectivity index (χ0n) is 11.4. The number of nitrogens with one attached hydrogen (secondary N) is 2. The summed E-state index contributed by atoms with van der Waals surface area (Å²) >= 11 is 0. The van der Waals surface area contributed by atoms with Gasteiger partial charge >= 0.3 is 0 Å². The highest BCUT2D eigenvalue weighted by Gasteiger charge is 2.13. The number of hydrogen-bond acceptors (Lipinski definition) is 3. The van der Waals surface area contributed by atoms with Gasteiger partial charge in [-0.3, -0.25) is 4.98 Å². The maximum Gasteiger partial charge on any atom is 0.0547 e. The molecule has 0 aromatic carbocycles. The molecule has 0 spiro atoms. The lowest BCUT2D eigenvalue weighted by Gasteiger charge is -2.11. The minimum atomic E-state index is 0.937. The van der Waals surface area contributed by atoms with Crippen molar-refractivity contribution >= 4 is 11.4 Å². The van der Waals surface area contributed by atoms with Gasteiger partial charge in [0.05, 0.1) is 23.8 Å². The van der Waals surface area contributed by atoms with E-state index in [4.69, 9.17) is 0 Å². The lowest BCUT2D eigenvalue weighted by Crippen LogP contribution is -2.05. The fourth-order valence-electron chi connectivity index (χ4n) is 2.76. The van der Waals surface area contributed by atoms with Crippen LogP contribution < -0.4 is 10.6 Å². The molecule has 3 nitrogen and oxygen atoms in total. The fourth-order valence-corrected chi connectivity index (χ4v) is 2.76. The molecule has 3 heteroatoms. The van der Waals surface area contributed by atoms with Gasteiger partial charge in [-0.15, -0.1) is 0 Å². The largest absolute Gasteiger partial charge is 0.384 e. The van der Waals surface area contributed by atoms with Crippen LogP contribution in [0.5, 0.6) is 0 Å². The maximum absolute atomic E-state index is 4.23. The molecule has 100 valence electrons. The Hall–Kier alpha value is -1.25. The number of hydrogen-bond donors (Lipinski definition) is 2. The maximum atomic E-state index is 4.23. The molecule has 1 aliphatic carbocycles. The van der Waals surface area contributed by atoms with Crippen LogP contribution in [0.25, 0.3) is 0 Å². The van der Waals surface area contributed by atoms with E-state index in [1.54, 1.807) is 0 Å². The summed E-state index contributed by atoms with van der Waals surface area (Å²) in [4.78, 5) is 4.23. The Balaban J connectivity index is 1.67. The first-order chi connectivity index (χ1) is 8.88. The zero-order chi connectivity index (χ0) is 12.6. The van der Waals surface area contributed by atoms with E-state index < -0.39 is 0 Å². The SMILES string of the molecule is CCNc1cncc(NCCCC2CCCC2)c1. The first-order valence-electron chi connectivity index (χ1n) is 7.31. The zero-order valence-corrected chi connectivity index (χ0v) is 11.4. The topological polar surface area (TPSA) is 37.0 Å². The van der Waals surface area contributed by atoms with Gasteiger partial charge in [0.25, 0.3) is 0 Å². The van der Waals surface area contributed by atoms with Crippen molar-refractivity contribution < 1.29 is 0 Å². The molecule has 0 aliphatic heterocycles. The van der Waals surface area contributed by atoms with Gasteiger partial charge in [0.1, 0.15) is 0 Å². The van der Waals surface area contributed by atoms with Crippen LogP contribution in [0.2, 0.25) is 0 Å². The third kappa shape index (κ3) is 4.21. The van der Waals surface area contributed by atoms with Crippen molar-refractivity contribution in [2.24, 2.45) is 5.92 Å². The summed E-state index contributed by atoms with van der Waals surface area (Å²) < 4.78 is 0. The van der Waals surface area contributed by atoms with E-state index in [2.05, 4.69) is 28.6 Å². The summed E-state index contributed by atoms with van der Waals surface area (Å²) in [5.74, 6) is 0.998. The van der Waals surface area contributed by atoms with Crippen LogP contribution in [-0.4, -0.2) is 18.1 Å². The van der Waals surface area contributed by atoms with Crippen molar-refractivity contribution in [2.75, 3.05) is 23.7 Å². The highest BCUT2D eigenvalue weighted by atomic mass is 14.9. The minimum absolute atomic E-state index is 0.937. The molecule has 1 saturated carbocycles. The van der Waals surface area contributed by atoms with Crippen LogP contribution in [0.15, 0.2) is 18.5 Å². The predicted molar refractivity (Wildman–Crippen MR) is 78.1 cm³/mol. The molecule has 18 heavy (non-hydrogen) atoms. The minimum Gasteiger partial charge on any atom is -0.384 e. The Morgan fingerprint density at radius 3 is 2.61 bits per heavy atom. The number of nitrogens with zero attached hydrogens (tertiary/aromatic N) is 1. The van der Waals surface area contributed by atoms with Crippen LogP contribution in [0, 0.1) is 5.92 Å². The van der Waals surface area contributed by atoms with E-state index in [1.807, 2.05) is 12.4 Å². The molecule has 1 aliphatic rings.